The van der Waals surface area contributed by atoms with Crippen LogP contribution in [0.4, 0.5) is 4.39 Å². The number of carbonyl (C=O) groups excluding carboxylic acids is 1. The Balaban J connectivity index is 1.62. The number of amides is 1. The van der Waals surface area contributed by atoms with E-state index in [0.29, 0.717) is 5.56 Å². The van der Waals surface area contributed by atoms with Gasteiger partial charge in [0.25, 0.3) is 5.88 Å². The van der Waals surface area contributed by atoms with Crippen molar-refractivity contribution in [1.82, 2.24) is 15.2 Å². The topological polar surface area (TPSA) is 72.9 Å². The van der Waals surface area contributed by atoms with E-state index in [0.717, 1.165) is 45.1 Å². The number of likely N-dealkylation sites (tertiary alicyclic amines) is 1. The van der Waals surface area contributed by atoms with Crippen LogP contribution in [-0.4, -0.2) is 61.9 Å². The molecule has 2 fully saturated rings. The predicted molar refractivity (Wildman–Crippen MR) is 102 cm³/mol. The minimum atomic E-state index is -0.545. The molecule has 7 nitrogen and oxygen atoms in total. The first kappa shape index (κ1) is 20.8. The van der Waals surface area contributed by atoms with E-state index in [4.69, 9.17) is 14.2 Å². The fourth-order valence-corrected chi connectivity index (χ4v) is 3.97. The van der Waals surface area contributed by atoms with Crippen molar-refractivity contribution in [2.45, 2.75) is 63.3 Å². The highest BCUT2D eigenvalue weighted by molar-refractivity contribution is 5.82. The number of likely N-dealkylation sites (N-methyl/N-ethyl adjacent to an activating group) is 1. The maximum absolute atomic E-state index is 14.6. The quantitative estimate of drug-likeness (QED) is 0.764. The SMILES string of the molecule is COc1nc(OC2CCC(OC)CC2)c(F)cc1CNC(=O)C1CCCN1C. The van der Waals surface area contributed by atoms with Crippen LogP contribution >= 0.6 is 0 Å². The van der Waals surface area contributed by atoms with Gasteiger partial charge in [-0.05, 0) is 58.2 Å². The molecule has 0 bridgehead atoms. The number of hydrogen-bond donors (Lipinski definition) is 1. The molecule has 0 spiro atoms. The van der Waals surface area contributed by atoms with Crippen molar-refractivity contribution in [1.29, 1.82) is 0 Å². The molecule has 2 heterocycles. The van der Waals surface area contributed by atoms with Gasteiger partial charge in [-0.15, -0.1) is 0 Å². The third-order valence-corrected chi connectivity index (χ3v) is 5.69. The largest absolute Gasteiger partial charge is 0.481 e. The van der Waals surface area contributed by atoms with Crippen LogP contribution in [0.2, 0.25) is 0 Å². The number of carbonyl (C=O) groups is 1. The highest BCUT2D eigenvalue weighted by atomic mass is 19.1. The summed E-state index contributed by atoms with van der Waals surface area (Å²) in [5, 5.41) is 2.86. The highest BCUT2D eigenvalue weighted by Crippen LogP contribution is 2.29. The number of nitrogens with zero attached hydrogens (tertiary/aromatic N) is 2. The highest BCUT2D eigenvalue weighted by Gasteiger charge is 2.28. The summed E-state index contributed by atoms with van der Waals surface area (Å²) in [4.78, 5) is 18.6. The lowest BCUT2D eigenvalue weighted by atomic mass is 9.95. The first-order chi connectivity index (χ1) is 13.5. The Morgan fingerprint density at radius 1 is 1.21 bits per heavy atom. The van der Waals surface area contributed by atoms with E-state index in [1.165, 1.54) is 13.2 Å². The first-order valence-corrected chi connectivity index (χ1v) is 9.92. The molecule has 156 valence electrons. The summed E-state index contributed by atoms with van der Waals surface area (Å²) < 4.78 is 31.0. The molecule has 1 unspecified atom stereocenters. The fraction of sp³-hybridized carbons (Fsp3) is 0.700. The van der Waals surface area contributed by atoms with E-state index in [-0.39, 0.29) is 42.5 Å². The van der Waals surface area contributed by atoms with E-state index in [2.05, 4.69) is 10.3 Å². The van der Waals surface area contributed by atoms with Gasteiger partial charge in [-0.3, -0.25) is 9.69 Å². The number of halogens is 1. The summed E-state index contributed by atoms with van der Waals surface area (Å²) in [6.07, 6.45) is 5.39. The zero-order valence-corrected chi connectivity index (χ0v) is 16.9. The molecule has 1 aromatic rings. The summed E-state index contributed by atoms with van der Waals surface area (Å²) in [7, 11) is 5.12. The number of nitrogens with one attached hydrogen (secondary N) is 1. The van der Waals surface area contributed by atoms with E-state index in [9.17, 15) is 9.18 Å². The van der Waals surface area contributed by atoms with E-state index >= 15 is 0 Å². The molecule has 3 rings (SSSR count). The Bertz CT molecular complexity index is 680. The lowest BCUT2D eigenvalue weighted by molar-refractivity contribution is -0.125. The van der Waals surface area contributed by atoms with Gasteiger partial charge in [-0.25, -0.2) is 4.39 Å². The zero-order chi connectivity index (χ0) is 20.1. The van der Waals surface area contributed by atoms with Gasteiger partial charge in [-0.1, -0.05) is 0 Å². The minimum absolute atomic E-state index is 0.0525. The van der Waals surface area contributed by atoms with Crippen LogP contribution in [0.3, 0.4) is 0 Å². The Kier molecular flexibility index (Phi) is 7.07. The van der Waals surface area contributed by atoms with Crippen molar-refractivity contribution < 1.29 is 23.4 Å². The number of ether oxygens (including phenoxy) is 3. The Morgan fingerprint density at radius 3 is 2.54 bits per heavy atom. The van der Waals surface area contributed by atoms with Gasteiger partial charge >= 0.3 is 0 Å². The van der Waals surface area contributed by atoms with Crippen LogP contribution in [0.1, 0.15) is 44.1 Å². The maximum Gasteiger partial charge on any atom is 0.254 e. The third-order valence-electron chi connectivity index (χ3n) is 5.69. The molecule has 0 radical (unpaired) electrons. The molecule has 2 aliphatic rings. The molecule has 1 saturated heterocycles. The number of aromatic nitrogens is 1. The second kappa shape index (κ2) is 9.52. The van der Waals surface area contributed by atoms with Crippen molar-refractivity contribution in [3.05, 3.63) is 17.4 Å². The van der Waals surface area contributed by atoms with Crippen LogP contribution < -0.4 is 14.8 Å². The Morgan fingerprint density at radius 2 is 1.93 bits per heavy atom. The smallest absolute Gasteiger partial charge is 0.254 e. The van der Waals surface area contributed by atoms with Crippen molar-refractivity contribution in [2.24, 2.45) is 0 Å². The Hall–Kier alpha value is -1.93. The van der Waals surface area contributed by atoms with Crippen molar-refractivity contribution >= 4 is 5.91 Å². The lowest BCUT2D eigenvalue weighted by Crippen LogP contribution is -2.41. The lowest BCUT2D eigenvalue weighted by Gasteiger charge is -2.28. The molecule has 1 amide bonds. The van der Waals surface area contributed by atoms with Gasteiger partial charge in [-0.2, -0.15) is 4.98 Å². The summed E-state index contributed by atoms with van der Waals surface area (Å²) in [6.45, 7) is 1.07. The van der Waals surface area contributed by atoms with Crippen LogP contribution in [0.15, 0.2) is 6.07 Å². The predicted octanol–water partition coefficient (Wildman–Crippen LogP) is 2.28. The fourth-order valence-electron chi connectivity index (χ4n) is 3.97. The number of hydrogen-bond acceptors (Lipinski definition) is 6. The molecule has 1 saturated carbocycles. The number of methoxy groups -OCH3 is 2. The summed E-state index contributed by atoms with van der Waals surface area (Å²) >= 11 is 0. The van der Waals surface area contributed by atoms with Crippen LogP contribution in [0.25, 0.3) is 0 Å². The van der Waals surface area contributed by atoms with Crippen LogP contribution in [-0.2, 0) is 16.1 Å². The second-order valence-electron chi connectivity index (χ2n) is 7.55. The van der Waals surface area contributed by atoms with Crippen LogP contribution in [0.5, 0.6) is 11.8 Å². The van der Waals surface area contributed by atoms with E-state index in [1.807, 2.05) is 11.9 Å². The molecule has 1 aliphatic heterocycles. The molecule has 1 aliphatic carbocycles. The van der Waals surface area contributed by atoms with Gasteiger partial charge in [0, 0.05) is 19.2 Å². The van der Waals surface area contributed by atoms with Crippen molar-refractivity contribution in [2.75, 3.05) is 27.8 Å². The molecular formula is C20H30FN3O4. The summed E-state index contributed by atoms with van der Waals surface area (Å²) in [5.41, 5.74) is 0.490. The molecule has 1 aromatic heterocycles. The molecule has 28 heavy (non-hydrogen) atoms. The maximum atomic E-state index is 14.6. The summed E-state index contributed by atoms with van der Waals surface area (Å²) in [5.74, 6) is -0.389. The zero-order valence-electron chi connectivity index (χ0n) is 16.9. The van der Waals surface area contributed by atoms with Gasteiger partial charge in [0.2, 0.25) is 11.8 Å². The van der Waals surface area contributed by atoms with Crippen molar-refractivity contribution in [3.63, 3.8) is 0 Å². The van der Waals surface area contributed by atoms with Gasteiger partial charge in [0.05, 0.1) is 19.3 Å². The second-order valence-corrected chi connectivity index (χ2v) is 7.55. The van der Waals surface area contributed by atoms with Gasteiger partial charge in [0.1, 0.15) is 6.10 Å². The minimum Gasteiger partial charge on any atom is -0.481 e. The average Bonchev–Trinajstić information content (AvgIpc) is 3.14. The standard InChI is InChI=1S/C20H30FN3O4/c1-24-10-4-5-17(24)18(25)22-12-13-11-16(21)20(23-19(13)27-3)28-15-8-6-14(26-2)7-9-15/h11,14-15,17H,4-10,12H2,1-3H3,(H,22,25). The van der Waals surface area contributed by atoms with Gasteiger partial charge in [0.15, 0.2) is 5.82 Å². The molecule has 0 aromatic carbocycles. The van der Waals surface area contributed by atoms with Gasteiger partial charge < -0.3 is 19.5 Å². The molecular weight excluding hydrogens is 365 g/mol. The van der Waals surface area contributed by atoms with E-state index < -0.39 is 5.82 Å². The Labute approximate surface area is 165 Å². The molecule has 1 atom stereocenters. The third kappa shape index (κ3) is 4.91. The normalized spacial score (nSPS) is 25.5. The van der Waals surface area contributed by atoms with Crippen LogP contribution in [0, 0.1) is 5.82 Å². The molecule has 8 heteroatoms. The number of rotatable bonds is 7. The monoisotopic (exact) mass is 395 g/mol. The summed E-state index contributed by atoms with van der Waals surface area (Å²) in [6, 6.07) is 1.20. The average molecular weight is 395 g/mol. The van der Waals surface area contributed by atoms with Crippen molar-refractivity contribution in [3.8, 4) is 11.8 Å². The van der Waals surface area contributed by atoms with E-state index in [1.54, 1.807) is 7.11 Å². The molecule has 1 N–H and O–H groups in total. The first-order valence-electron chi connectivity index (χ1n) is 9.92. The number of pyridine rings is 1.